The molecule has 1 aliphatic heterocycles. The van der Waals surface area contributed by atoms with Crippen molar-refractivity contribution in [2.45, 2.75) is 32.2 Å². The Hall–Kier alpha value is -1.69. The van der Waals surface area contributed by atoms with E-state index in [0.29, 0.717) is 13.2 Å². The first kappa shape index (κ1) is 19.6. The van der Waals surface area contributed by atoms with Crippen LogP contribution < -0.4 is 16.1 Å². The van der Waals surface area contributed by atoms with Gasteiger partial charge in [0.05, 0.1) is 13.0 Å². The van der Waals surface area contributed by atoms with E-state index < -0.39 is 17.9 Å². The highest BCUT2D eigenvalue weighted by atomic mass is 32.1. The quantitative estimate of drug-likeness (QED) is 0.101. The van der Waals surface area contributed by atoms with E-state index in [2.05, 4.69) is 20.4 Å². The molecule has 25 heavy (non-hydrogen) atoms. The zero-order chi connectivity index (χ0) is 19.4. The Morgan fingerprint density at radius 3 is 2.60 bits per heavy atom. The zero-order valence-electron chi connectivity index (χ0n) is 15.0. The van der Waals surface area contributed by atoms with Crippen LogP contribution in [0.25, 0.3) is 0 Å². The second-order valence-corrected chi connectivity index (χ2v) is 5.41. The fourth-order valence-corrected chi connectivity index (χ4v) is 2.29. The normalized spacial score (nSPS) is 17.6. The number of amides is 4. The maximum Gasteiger partial charge on any atom is 0.249 e. The molecule has 0 aliphatic carbocycles. The van der Waals surface area contributed by atoms with Crippen molar-refractivity contribution in [3.8, 4) is 0 Å². The summed E-state index contributed by atoms with van der Waals surface area (Å²) in [6.45, 7) is 3.26. The molecule has 1 saturated heterocycles. The number of hydrogen-bond acceptors (Lipinski definition) is 8. The summed E-state index contributed by atoms with van der Waals surface area (Å²) >= 11 is 0.286. The number of likely N-dealkylation sites (tertiary alicyclic amines) is 1. The molecule has 1 fully saturated rings. The van der Waals surface area contributed by atoms with E-state index in [1.165, 1.54) is 0 Å². The van der Waals surface area contributed by atoms with Gasteiger partial charge in [0.15, 0.2) is 0 Å². The topological polar surface area (TPSA) is 126 Å². The van der Waals surface area contributed by atoms with Gasteiger partial charge in [0, 0.05) is 39.1 Å². The van der Waals surface area contributed by atoms with Crippen molar-refractivity contribution in [1.29, 1.82) is 1.12 Å². The molecule has 0 radical (unpaired) electrons. The van der Waals surface area contributed by atoms with Crippen molar-refractivity contribution in [2.24, 2.45) is 0 Å². The summed E-state index contributed by atoms with van der Waals surface area (Å²) in [5, 5.41) is 5.24. The molecule has 4 amide bonds. The van der Waals surface area contributed by atoms with Gasteiger partial charge in [0.25, 0.3) is 0 Å². The maximum atomic E-state index is 12.0. The van der Waals surface area contributed by atoms with Gasteiger partial charge in [-0.1, -0.05) is 0 Å². The number of carbonyl (C=O) groups excluding carboxylic acids is 4. The minimum atomic E-state index is -0.838. The molecule has 1 atom stereocenters. The molecule has 142 valence electrons. The first-order valence-corrected chi connectivity index (χ1v) is 8.32. The zero-order valence-corrected chi connectivity index (χ0v) is 14.9. The van der Waals surface area contributed by atoms with Gasteiger partial charge in [-0.15, -0.1) is 0 Å². The second-order valence-electron chi connectivity index (χ2n) is 5.24. The second kappa shape index (κ2) is 11.8. The molecule has 1 unspecified atom stereocenters. The molecular formula is C14H24N4O6S. The van der Waals surface area contributed by atoms with Crippen molar-refractivity contribution >= 4 is 36.4 Å². The number of carbonyl (C=O) groups is 4. The first-order chi connectivity index (χ1) is 12.5. The van der Waals surface area contributed by atoms with E-state index in [9.17, 15) is 19.2 Å². The first-order valence-electron chi connectivity index (χ1n) is 8.40. The van der Waals surface area contributed by atoms with Crippen LogP contribution in [0.2, 0.25) is 0 Å². The van der Waals surface area contributed by atoms with E-state index in [-0.39, 0.29) is 63.5 Å². The Bertz CT molecular complexity index is 510. The molecule has 0 spiro atoms. The maximum absolute atomic E-state index is 12.0. The average molecular weight is 378 g/mol. The van der Waals surface area contributed by atoms with E-state index in [4.69, 9.17) is 5.86 Å². The van der Waals surface area contributed by atoms with Crippen molar-refractivity contribution in [3.63, 3.8) is 0 Å². The SMILES string of the molecule is [3H]SONC1CC(=O)N(CCC(=O)NCCNC(=O)CCOCC)C1=O. The predicted octanol–water partition coefficient (Wildman–Crippen LogP) is -1.47. The highest BCUT2D eigenvalue weighted by Gasteiger charge is 2.38. The third kappa shape index (κ3) is 7.82. The number of rotatable bonds is 13. The van der Waals surface area contributed by atoms with Gasteiger partial charge in [0.2, 0.25) is 23.6 Å². The summed E-state index contributed by atoms with van der Waals surface area (Å²) < 4.78 is 16.4. The molecule has 11 heteroatoms. The summed E-state index contributed by atoms with van der Waals surface area (Å²) in [6, 6.07) is -0.838. The Morgan fingerprint density at radius 1 is 1.28 bits per heavy atom. The van der Waals surface area contributed by atoms with Crippen molar-refractivity contribution < 1.29 is 28.2 Å². The molecule has 10 nitrogen and oxygen atoms in total. The highest BCUT2D eigenvalue weighted by molar-refractivity contribution is 7.75. The predicted molar refractivity (Wildman–Crippen MR) is 90.1 cm³/mol. The van der Waals surface area contributed by atoms with Crippen LogP contribution in [0.4, 0.5) is 0 Å². The number of nitrogens with one attached hydrogen (secondary N) is 3. The number of hydroxylamine groups is 1. The van der Waals surface area contributed by atoms with Gasteiger partial charge in [-0.05, 0) is 19.7 Å². The molecule has 0 bridgehead atoms. The van der Waals surface area contributed by atoms with Gasteiger partial charge in [-0.3, -0.25) is 24.1 Å². The lowest BCUT2D eigenvalue weighted by atomic mass is 10.3. The van der Waals surface area contributed by atoms with Crippen molar-refractivity contribution in [2.75, 3.05) is 32.8 Å². The highest BCUT2D eigenvalue weighted by Crippen LogP contribution is 2.13. The Balaban J connectivity index is 2.17. The molecule has 0 saturated carbocycles. The Kier molecular flexibility index (Phi) is 9.26. The van der Waals surface area contributed by atoms with Crippen LogP contribution in [0.5, 0.6) is 0 Å². The van der Waals surface area contributed by atoms with E-state index in [1.807, 2.05) is 6.92 Å². The van der Waals surface area contributed by atoms with Crippen molar-refractivity contribution in [3.05, 3.63) is 0 Å². The standard InChI is InChI=1S/C14H24N4O6S/c1-2-23-8-4-12(20)16-6-5-15-11(19)3-7-18-13(21)9-10(14(18)22)17-24-25/h10,17,25H,2-9H2,1H3,(H,15,19)(H,16,20)/i/hT. The van der Waals surface area contributed by atoms with Crippen LogP contribution in [-0.2, 0) is 28.2 Å². The van der Waals surface area contributed by atoms with Crippen LogP contribution in [-0.4, -0.2) is 68.5 Å². The van der Waals surface area contributed by atoms with Gasteiger partial charge in [-0.25, -0.2) is 4.28 Å². The van der Waals surface area contributed by atoms with Crippen LogP contribution in [0.3, 0.4) is 0 Å². The summed E-state index contributed by atoms with van der Waals surface area (Å²) in [7, 11) is 0. The van der Waals surface area contributed by atoms with Crippen LogP contribution >= 0.6 is 12.8 Å². The Labute approximate surface area is 152 Å². The molecule has 1 heterocycles. The number of hydrogen-bond donors (Lipinski definition) is 4. The molecule has 1 aliphatic rings. The number of nitrogens with zero attached hydrogens (tertiary/aromatic N) is 1. The van der Waals surface area contributed by atoms with E-state index in [0.717, 1.165) is 4.90 Å². The van der Waals surface area contributed by atoms with E-state index in [1.54, 1.807) is 0 Å². The lowest BCUT2D eigenvalue weighted by Gasteiger charge is -2.14. The summed E-state index contributed by atoms with van der Waals surface area (Å²) in [5.74, 6) is -1.38. The van der Waals surface area contributed by atoms with Crippen LogP contribution in [0.15, 0.2) is 0 Å². The molecule has 0 aromatic carbocycles. The molecule has 3 N–H and O–H groups in total. The lowest BCUT2D eigenvalue weighted by molar-refractivity contribution is -0.139. The monoisotopic (exact) mass is 378 g/mol. The van der Waals surface area contributed by atoms with Gasteiger partial charge < -0.3 is 15.4 Å². The van der Waals surface area contributed by atoms with Gasteiger partial charge >= 0.3 is 0 Å². The van der Waals surface area contributed by atoms with Gasteiger partial charge in [0.1, 0.15) is 7.17 Å². The van der Waals surface area contributed by atoms with Crippen molar-refractivity contribution in [1.82, 2.24) is 21.0 Å². The Morgan fingerprint density at radius 2 is 1.96 bits per heavy atom. The minimum absolute atomic E-state index is 0.0312. The van der Waals surface area contributed by atoms with Gasteiger partial charge in [-0.2, -0.15) is 5.48 Å². The molecular weight excluding hydrogens is 352 g/mol. The minimum Gasteiger partial charge on any atom is -0.381 e. The number of ether oxygens (including phenoxy) is 1. The molecule has 0 aromatic heterocycles. The van der Waals surface area contributed by atoms with Crippen LogP contribution in [0, 0.1) is 0 Å². The summed E-state index contributed by atoms with van der Waals surface area (Å²) in [5.41, 5.74) is 2.31. The summed E-state index contributed by atoms with van der Waals surface area (Å²) in [4.78, 5) is 47.9. The van der Waals surface area contributed by atoms with Crippen LogP contribution in [0.1, 0.15) is 26.2 Å². The number of thiol groups is 1. The smallest absolute Gasteiger partial charge is 0.249 e. The number of imide groups is 1. The molecule has 0 aromatic rings. The third-order valence-corrected chi connectivity index (χ3v) is 3.54. The molecule has 1 rings (SSSR count). The average Bonchev–Trinajstić information content (AvgIpc) is 2.88. The fourth-order valence-electron chi connectivity index (χ4n) is 2.17. The van der Waals surface area contributed by atoms with E-state index >= 15 is 0 Å². The third-order valence-electron chi connectivity index (χ3n) is 3.44. The summed E-state index contributed by atoms with van der Waals surface area (Å²) in [6.07, 6.45) is 0.157. The lowest BCUT2D eigenvalue weighted by Crippen LogP contribution is -2.40. The fraction of sp³-hybridized carbons (Fsp3) is 0.714. The largest absolute Gasteiger partial charge is 0.381 e.